The number of ether oxygens (including phenoxy) is 1. The molecule has 1 aromatic carbocycles. The molecule has 124 valence electrons. The molecule has 2 aliphatic rings. The number of benzene rings is 1. The van der Waals surface area contributed by atoms with Crippen molar-refractivity contribution in [2.75, 3.05) is 25.4 Å². The SMILES string of the molecule is O=C1COC(=O)N1[C@@H]1CCN(S(=O)(=O)CCc2ccccc2)C1. The van der Waals surface area contributed by atoms with Crippen LogP contribution in [0.2, 0.25) is 0 Å². The van der Waals surface area contributed by atoms with Crippen molar-refractivity contribution in [2.45, 2.75) is 18.9 Å². The fourth-order valence-electron chi connectivity index (χ4n) is 2.91. The van der Waals surface area contributed by atoms with E-state index in [1.54, 1.807) is 0 Å². The Morgan fingerprint density at radius 3 is 2.57 bits per heavy atom. The zero-order valence-electron chi connectivity index (χ0n) is 12.6. The Labute approximate surface area is 134 Å². The van der Waals surface area contributed by atoms with Gasteiger partial charge in [0.05, 0.1) is 11.8 Å². The Morgan fingerprint density at radius 2 is 1.91 bits per heavy atom. The Bertz CT molecular complexity index is 688. The fraction of sp³-hybridized carbons (Fsp3) is 0.467. The number of rotatable bonds is 5. The smallest absolute Gasteiger partial charge is 0.417 e. The molecule has 3 rings (SSSR count). The number of hydrogen-bond donors (Lipinski definition) is 0. The maximum absolute atomic E-state index is 12.4. The molecule has 7 nitrogen and oxygen atoms in total. The largest absolute Gasteiger partial charge is 0.439 e. The molecule has 2 saturated heterocycles. The van der Waals surface area contributed by atoms with Gasteiger partial charge in [0.2, 0.25) is 10.0 Å². The number of imide groups is 1. The first-order valence-electron chi connectivity index (χ1n) is 7.48. The van der Waals surface area contributed by atoms with Crippen LogP contribution in [0.4, 0.5) is 4.79 Å². The van der Waals surface area contributed by atoms with Crippen LogP contribution >= 0.6 is 0 Å². The number of amides is 2. The van der Waals surface area contributed by atoms with Gasteiger partial charge < -0.3 is 4.74 Å². The summed E-state index contributed by atoms with van der Waals surface area (Å²) >= 11 is 0. The first-order chi connectivity index (χ1) is 11.0. The lowest BCUT2D eigenvalue weighted by Gasteiger charge is -2.20. The topological polar surface area (TPSA) is 84.0 Å². The van der Waals surface area contributed by atoms with Gasteiger partial charge in [-0.25, -0.2) is 18.1 Å². The van der Waals surface area contributed by atoms with E-state index in [4.69, 9.17) is 0 Å². The third kappa shape index (κ3) is 3.37. The second kappa shape index (κ2) is 6.29. The minimum atomic E-state index is -3.41. The van der Waals surface area contributed by atoms with Crippen LogP contribution in [0.5, 0.6) is 0 Å². The van der Waals surface area contributed by atoms with Crippen LogP contribution in [0.1, 0.15) is 12.0 Å². The number of aryl methyl sites for hydroxylation is 1. The third-order valence-electron chi connectivity index (χ3n) is 4.16. The van der Waals surface area contributed by atoms with E-state index in [0.29, 0.717) is 19.4 Å². The summed E-state index contributed by atoms with van der Waals surface area (Å²) in [5.74, 6) is -0.384. The van der Waals surface area contributed by atoms with E-state index in [9.17, 15) is 18.0 Å². The normalized spacial score (nSPS) is 22.6. The van der Waals surface area contributed by atoms with Gasteiger partial charge in [0, 0.05) is 13.1 Å². The summed E-state index contributed by atoms with van der Waals surface area (Å²) in [7, 11) is -3.41. The molecule has 0 bridgehead atoms. The molecule has 0 aliphatic carbocycles. The molecule has 8 heteroatoms. The average molecular weight is 338 g/mol. The highest BCUT2D eigenvalue weighted by molar-refractivity contribution is 7.89. The lowest BCUT2D eigenvalue weighted by Crippen LogP contribution is -2.42. The van der Waals surface area contributed by atoms with Gasteiger partial charge >= 0.3 is 6.09 Å². The molecule has 23 heavy (non-hydrogen) atoms. The van der Waals surface area contributed by atoms with Crippen molar-refractivity contribution in [2.24, 2.45) is 0 Å². The molecule has 0 unspecified atom stereocenters. The number of carbonyl (C=O) groups excluding carboxylic acids is 2. The van der Waals surface area contributed by atoms with Gasteiger partial charge in [-0.1, -0.05) is 30.3 Å². The summed E-state index contributed by atoms with van der Waals surface area (Å²) in [4.78, 5) is 24.3. The van der Waals surface area contributed by atoms with E-state index in [-0.39, 0.29) is 18.9 Å². The van der Waals surface area contributed by atoms with Crippen LogP contribution in [0.15, 0.2) is 30.3 Å². The minimum Gasteiger partial charge on any atom is -0.439 e. The molecule has 2 heterocycles. The highest BCUT2D eigenvalue weighted by Gasteiger charge is 2.42. The van der Waals surface area contributed by atoms with Gasteiger partial charge in [0.15, 0.2) is 6.61 Å². The van der Waals surface area contributed by atoms with Crippen LogP contribution in [-0.2, 0) is 26.0 Å². The van der Waals surface area contributed by atoms with E-state index in [1.165, 1.54) is 4.31 Å². The fourth-order valence-corrected chi connectivity index (χ4v) is 4.45. The highest BCUT2D eigenvalue weighted by Crippen LogP contribution is 2.22. The number of cyclic esters (lactones) is 1. The van der Waals surface area contributed by atoms with Crippen molar-refractivity contribution < 1.29 is 22.7 Å². The van der Waals surface area contributed by atoms with Gasteiger partial charge in [-0.2, -0.15) is 4.31 Å². The second-order valence-electron chi connectivity index (χ2n) is 5.67. The van der Waals surface area contributed by atoms with Gasteiger partial charge in [-0.15, -0.1) is 0 Å². The summed E-state index contributed by atoms with van der Waals surface area (Å²) in [6, 6.07) is 8.98. The number of carbonyl (C=O) groups is 2. The highest BCUT2D eigenvalue weighted by atomic mass is 32.2. The first-order valence-corrected chi connectivity index (χ1v) is 9.09. The Hall–Kier alpha value is -1.93. The van der Waals surface area contributed by atoms with E-state index in [1.807, 2.05) is 30.3 Å². The van der Waals surface area contributed by atoms with Crippen LogP contribution in [-0.4, -0.2) is 61.1 Å². The molecule has 1 atom stereocenters. The van der Waals surface area contributed by atoms with E-state index >= 15 is 0 Å². The average Bonchev–Trinajstić information content (AvgIpc) is 3.14. The molecule has 2 amide bonds. The second-order valence-corrected chi connectivity index (χ2v) is 7.76. The maximum Gasteiger partial charge on any atom is 0.417 e. The minimum absolute atomic E-state index is 0.0160. The van der Waals surface area contributed by atoms with E-state index in [0.717, 1.165) is 10.5 Å². The molecule has 0 saturated carbocycles. The van der Waals surface area contributed by atoms with Crippen LogP contribution in [0.3, 0.4) is 0 Å². The standard InChI is InChI=1S/C15H18N2O5S/c18-14-11-22-15(19)17(14)13-6-8-16(10-13)23(20,21)9-7-12-4-2-1-3-5-12/h1-5,13H,6-11H2/t13-/m1/s1. The maximum atomic E-state index is 12.4. The van der Waals surface area contributed by atoms with E-state index in [2.05, 4.69) is 4.74 Å². The zero-order chi connectivity index (χ0) is 16.4. The molecular weight excluding hydrogens is 320 g/mol. The van der Waals surface area contributed by atoms with Crippen molar-refractivity contribution in [1.82, 2.24) is 9.21 Å². The predicted octanol–water partition coefficient (Wildman–Crippen LogP) is 0.612. The summed E-state index contributed by atoms with van der Waals surface area (Å²) < 4.78 is 30.9. The summed E-state index contributed by atoms with van der Waals surface area (Å²) in [5, 5.41) is 0. The quantitative estimate of drug-likeness (QED) is 0.785. The van der Waals surface area contributed by atoms with Gasteiger partial charge in [0.1, 0.15) is 0 Å². The van der Waals surface area contributed by atoms with Crippen LogP contribution in [0.25, 0.3) is 0 Å². The lowest BCUT2D eigenvalue weighted by atomic mass is 10.2. The van der Waals surface area contributed by atoms with Crippen molar-refractivity contribution >= 4 is 22.0 Å². The van der Waals surface area contributed by atoms with Crippen molar-refractivity contribution in [1.29, 1.82) is 0 Å². The van der Waals surface area contributed by atoms with Crippen LogP contribution < -0.4 is 0 Å². The molecule has 2 aliphatic heterocycles. The van der Waals surface area contributed by atoms with Gasteiger partial charge in [0.25, 0.3) is 5.91 Å². The number of sulfonamides is 1. The van der Waals surface area contributed by atoms with E-state index < -0.39 is 28.1 Å². The Kier molecular flexibility index (Phi) is 4.36. The molecule has 2 fully saturated rings. The Balaban J connectivity index is 1.61. The number of nitrogens with zero attached hydrogens (tertiary/aromatic N) is 2. The molecule has 0 N–H and O–H groups in total. The monoisotopic (exact) mass is 338 g/mol. The molecule has 0 aromatic heterocycles. The van der Waals surface area contributed by atoms with Crippen LogP contribution in [0, 0.1) is 0 Å². The lowest BCUT2D eigenvalue weighted by molar-refractivity contribution is -0.127. The van der Waals surface area contributed by atoms with Gasteiger partial charge in [-0.05, 0) is 18.4 Å². The molecule has 0 spiro atoms. The Morgan fingerprint density at radius 1 is 1.17 bits per heavy atom. The molecule has 1 aromatic rings. The summed E-state index contributed by atoms with van der Waals surface area (Å²) in [5.41, 5.74) is 0.963. The first kappa shape index (κ1) is 15.9. The van der Waals surface area contributed by atoms with Crippen molar-refractivity contribution in [3.63, 3.8) is 0 Å². The predicted molar refractivity (Wildman–Crippen MR) is 82.1 cm³/mol. The van der Waals surface area contributed by atoms with Gasteiger partial charge in [-0.3, -0.25) is 4.79 Å². The third-order valence-corrected chi connectivity index (χ3v) is 6.00. The molecular formula is C15H18N2O5S. The number of hydrogen-bond acceptors (Lipinski definition) is 5. The summed E-state index contributed by atoms with van der Waals surface area (Å²) in [6.45, 7) is 0.215. The summed E-state index contributed by atoms with van der Waals surface area (Å²) in [6.07, 6.45) is 0.212. The van der Waals surface area contributed by atoms with Crippen molar-refractivity contribution in [3.8, 4) is 0 Å². The van der Waals surface area contributed by atoms with Crippen molar-refractivity contribution in [3.05, 3.63) is 35.9 Å². The molecule has 0 radical (unpaired) electrons. The zero-order valence-corrected chi connectivity index (χ0v) is 13.4.